The van der Waals surface area contributed by atoms with Crippen LogP contribution in [0.25, 0.3) is 11.4 Å². The van der Waals surface area contributed by atoms with Gasteiger partial charge in [-0.2, -0.15) is 0 Å². The maximum absolute atomic E-state index is 11.1. The minimum absolute atomic E-state index is 0.126. The first-order chi connectivity index (χ1) is 9.11. The maximum Gasteiger partial charge on any atom is 0.316 e. The van der Waals surface area contributed by atoms with Gasteiger partial charge < -0.3 is 10.6 Å². The molecule has 1 heterocycles. The lowest BCUT2D eigenvalue weighted by Crippen LogP contribution is -2.13. The van der Waals surface area contributed by atoms with Crippen LogP contribution in [0.2, 0.25) is 5.02 Å². The van der Waals surface area contributed by atoms with E-state index in [9.17, 15) is 4.79 Å². The van der Waals surface area contributed by atoms with Crippen LogP contribution in [0.1, 0.15) is 0 Å². The summed E-state index contributed by atoms with van der Waals surface area (Å²) >= 11 is 7.07. The normalized spacial score (nSPS) is 10.4. The summed E-state index contributed by atoms with van der Waals surface area (Å²) in [6.45, 7) is 0. The van der Waals surface area contributed by atoms with Crippen molar-refractivity contribution >= 4 is 29.3 Å². The van der Waals surface area contributed by atoms with E-state index in [0.29, 0.717) is 16.0 Å². The van der Waals surface area contributed by atoms with Crippen LogP contribution in [0.5, 0.6) is 0 Å². The number of carbonyl (C=O) groups is 1. The predicted octanol–water partition coefficient (Wildman–Crippen LogP) is 1.58. The zero-order valence-corrected chi connectivity index (χ0v) is 11.6. The molecule has 0 aliphatic rings. The molecule has 2 rings (SSSR count). The van der Waals surface area contributed by atoms with Crippen LogP contribution < -0.4 is 5.84 Å². The molecule has 1 aromatic heterocycles. The van der Waals surface area contributed by atoms with E-state index in [2.05, 4.69) is 14.9 Å². The Bertz CT molecular complexity index is 602. The van der Waals surface area contributed by atoms with Crippen molar-refractivity contribution in [1.82, 2.24) is 14.9 Å². The molecule has 8 heteroatoms. The number of nitrogens with two attached hydrogens (primary N) is 1. The van der Waals surface area contributed by atoms with Crippen LogP contribution >= 0.6 is 23.4 Å². The van der Waals surface area contributed by atoms with Gasteiger partial charge in [-0.05, 0) is 12.1 Å². The molecule has 0 spiro atoms. The number of hydrogen-bond acceptors (Lipinski definition) is 6. The highest BCUT2D eigenvalue weighted by molar-refractivity contribution is 7.99. The second kappa shape index (κ2) is 5.94. The number of carbonyl (C=O) groups excluding carboxylic acids is 1. The van der Waals surface area contributed by atoms with Crippen molar-refractivity contribution in [2.45, 2.75) is 5.16 Å². The monoisotopic (exact) mass is 298 g/mol. The maximum atomic E-state index is 11.1. The van der Waals surface area contributed by atoms with Gasteiger partial charge in [0.2, 0.25) is 5.16 Å². The Balaban J connectivity index is 2.21. The number of ether oxygens (including phenoxy) is 1. The smallest absolute Gasteiger partial charge is 0.316 e. The average Bonchev–Trinajstić information content (AvgIpc) is 2.77. The first-order valence-electron chi connectivity index (χ1n) is 5.28. The molecule has 19 heavy (non-hydrogen) atoms. The number of nitrogens with zero attached hydrogens (tertiary/aromatic N) is 3. The lowest BCUT2D eigenvalue weighted by atomic mass is 10.2. The van der Waals surface area contributed by atoms with Gasteiger partial charge in [-0.25, -0.2) is 4.68 Å². The summed E-state index contributed by atoms with van der Waals surface area (Å²) in [5.41, 5.74) is 0.757. The lowest BCUT2D eigenvalue weighted by Gasteiger charge is -2.03. The van der Waals surface area contributed by atoms with Crippen LogP contribution in [0.3, 0.4) is 0 Å². The number of nitrogen functional groups attached to an aromatic ring is 1. The Morgan fingerprint density at radius 2 is 2.32 bits per heavy atom. The molecule has 0 fully saturated rings. The van der Waals surface area contributed by atoms with E-state index in [4.69, 9.17) is 17.4 Å². The standard InChI is InChI=1S/C11H11ClN4O2S/c1-18-9(17)6-19-11-15-14-10(16(11)13)7-3-2-4-8(12)5-7/h2-5H,6,13H2,1H3. The molecule has 2 aromatic rings. The number of esters is 1. The molecule has 0 radical (unpaired) electrons. The summed E-state index contributed by atoms with van der Waals surface area (Å²) in [4.78, 5) is 11.1. The summed E-state index contributed by atoms with van der Waals surface area (Å²) in [6, 6.07) is 7.13. The molecule has 100 valence electrons. The number of rotatable bonds is 4. The highest BCUT2D eigenvalue weighted by atomic mass is 35.5. The Kier molecular flexibility index (Phi) is 4.28. The van der Waals surface area contributed by atoms with Gasteiger partial charge in [-0.15, -0.1) is 10.2 Å². The molecule has 0 saturated heterocycles. The molecule has 0 amide bonds. The third kappa shape index (κ3) is 3.18. The van der Waals surface area contributed by atoms with Gasteiger partial charge in [0.05, 0.1) is 12.9 Å². The van der Waals surface area contributed by atoms with E-state index in [0.717, 1.165) is 17.3 Å². The molecule has 0 atom stereocenters. The number of benzene rings is 1. The SMILES string of the molecule is COC(=O)CSc1nnc(-c2cccc(Cl)c2)n1N. The first-order valence-corrected chi connectivity index (χ1v) is 6.64. The zero-order chi connectivity index (χ0) is 13.8. The van der Waals surface area contributed by atoms with Crippen LogP contribution in [0, 0.1) is 0 Å². The lowest BCUT2D eigenvalue weighted by molar-refractivity contribution is -0.137. The highest BCUT2D eigenvalue weighted by Crippen LogP contribution is 2.23. The van der Waals surface area contributed by atoms with Crippen molar-refractivity contribution in [2.24, 2.45) is 0 Å². The second-order valence-corrected chi connectivity index (χ2v) is 4.93. The van der Waals surface area contributed by atoms with Gasteiger partial charge in [-0.3, -0.25) is 4.79 Å². The summed E-state index contributed by atoms with van der Waals surface area (Å²) in [5, 5.41) is 8.93. The molecule has 0 bridgehead atoms. The van der Waals surface area contributed by atoms with Gasteiger partial charge in [0.1, 0.15) is 0 Å². The van der Waals surface area contributed by atoms with Crippen molar-refractivity contribution in [2.75, 3.05) is 18.7 Å². The first kappa shape index (κ1) is 13.7. The topological polar surface area (TPSA) is 83.0 Å². The van der Waals surface area contributed by atoms with E-state index in [1.807, 2.05) is 6.07 Å². The molecule has 0 saturated carbocycles. The average molecular weight is 299 g/mol. The van der Waals surface area contributed by atoms with E-state index in [1.54, 1.807) is 18.2 Å². The van der Waals surface area contributed by atoms with Gasteiger partial charge in [0.25, 0.3) is 0 Å². The number of thioether (sulfide) groups is 1. The third-order valence-corrected chi connectivity index (χ3v) is 3.45. The van der Waals surface area contributed by atoms with Gasteiger partial charge >= 0.3 is 5.97 Å². The van der Waals surface area contributed by atoms with E-state index in [1.165, 1.54) is 11.8 Å². The summed E-state index contributed by atoms with van der Waals surface area (Å²) in [5.74, 6) is 6.15. The van der Waals surface area contributed by atoms with E-state index in [-0.39, 0.29) is 11.7 Å². The molecular formula is C11H11ClN4O2S. The molecule has 2 N–H and O–H groups in total. The Morgan fingerprint density at radius 3 is 3.00 bits per heavy atom. The van der Waals surface area contributed by atoms with E-state index >= 15 is 0 Å². The number of halogens is 1. The highest BCUT2D eigenvalue weighted by Gasteiger charge is 2.13. The Hall–Kier alpha value is -1.73. The van der Waals surface area contributed by atoms with Crippen LogP contribution in [-0.4, -0.2) is 33.7 Å². The molecule has 0 aliphatic carbocycles. The minimum Gasteiger partial charge on any atom is -0.468 e. The molecule has 0 unspecified atom stereocenters. The quantitative estimate of drug-likeness (QED) is 0.524. The minimum atomic E-state index is -0.350. The van der Waals surface area contributed by atoms with Gasteiger partial charge in [0.15, 0.2) is 5.82 Å². The fourth-order valence-electron chi connectivity index (χ4n) is 1.38. The molecule has 0 aliphatic heterocycles. The largest absolute Gasteiger partial charge is 0.468 e. The molecule has 1 aromatic carbocycles. The summed E-state index contributed by atoms with van der Waals surface area (Å²) < 4.78 is 5.86. The Morgan fingerprint density at radius 1 is 1.53 bits per heavy atom. The zero-order valence-electron chi connectivity index (χ0n) is 10.0. The number of aromatic nitrogens is 3. The second-order valence-electron chi connectivity index (χ2n) is 3.55. The van der Waals surface area contributed by atoms with Crippen molar-refractivity contribution in [3.63, 3.8) is 0 Å². The van der Waals surface area contributed by atoms with Crippen LogP contribution in [0.15, 0.2) is 29.4 Å². The predicted molar refractivity (Wildman–Crippen MR) is 73.4 cm³/mol. The number of hydrogen-bond donors (Lipinski definition) is 1. The molecular weight excluding hydrogens is 288 g/mol. The van der Waals surface area contributed by atoms with E-state index < -0.39 is 0 Å². The van der Waals surface area contributed by atoms with Crippen LogP contribution in [-0.2, 0) is 9.53 Å². The van der Waals surface area contributed by atoms with Crippen molar-refractivity contribution < 1.29 is 9.53 Å². The molecule has 6 nitrogen and oxygen atoms in total. The Labute approximate surface area is 118 Å². The van der Waals surface area contributed by atoms with Crippen molar-refractivity contribution in [3.8, 4) is 11.4 Å². The summed E-state index contributed by atoms with van der Waals surface area (Å²) in [6.07, 6.45) is 0. The summed E-state index contributed by atoms with van der Waals surface area (Å²) in [7, 11) is 1.33. The number of methoxy groups -OCH3 is 1. The van der Waals surface area contributed by atoms with Crippen LogP contribution in [0.4, 0.5) is 0 Å². The fourth-order valence-corrected chi connectivity index (χ4v) is 2.26. The third-order valence-electron chi connectivity index (χ3n) is 2.29. The van der Waals surface area contributed by atoms with Gasteiger partial charge in [0, 0.05) is 10.6 Å². The fraction of sp³-hybridized carbons (Fsp3) is 0.182. The van der Waals surface area contributed by atoms with Crippen molar-refractivity contribution in [1.29, 1.82) is 0 Å². The van der Waals surface area contributed by atoms with Gasteiger partial charge in [-0.1, -0.05) is 35.5 Å². The van der Waals surface area contributed by atoms with Crippen molar-refractivity contribution in [3.05, 3.63) is 29.3 Å².